The van der Waals surface area contributed by atoms with Crippen molar-refractivity contribution < 1.29 is 4.74 Å². The number of aromatic nitrogens is 2. The van der Waals surface area contributed by atoms with Crippen LogP contribution in [0.25, 0.3) is 0 Å². The van der Waals surface area contributed by atoms with Gasteiger partial charge in [-0.05, 0) is 25.7 Å². The number of methoxy groups -OCH3 is 1. The molecule has 19 heavy (non-hydrogen) atoms. The van der Waals surface area contributed by atoms with Gasteiger partial charge < -0.3 is 14.6 Å². The van der Waals surface area contributed by atoms with Gasteiger partial charge in [0.25, 0.3) is 0 Å². The van der Waals surface area contributed by atoms with E-state index in [1.165, 1.54) is 32.1 Å². The lowest BCUT2D eigenvalue weighted by Crippen LogP contribution is -2.11. The Bertz CT molecular complexity index is 369. The van der Waals surface area contributed by atoms with Gasteiger partial charge in [0.1, 0.15) is 0 Å². The van der Waals surface area contributed by atoms with Crippen molar-refractivity contribution in [3.05, 3.63) is 11.9 Å². The third-order valence-electron chi connectivity index (χ3n) is 3.96. The molecular weight excluding hydrogens is 238 g/mol. The summed E-state index contributed by atoms with van der Waals surface area (Å²) in [6, 6.07) is 0. The molecule has 0 bridgehead atoms. The van der Waals surface area contributed by atoms with E-state index in [1.54, 1.807) is 7.11 Å². The highest BCUT2D eigenvalue weighted by atomic mass is 16.5. The summed E-state index contributed by atoms with van der Waals surface area (Å²) in [5.41, 5.74) is 1.10. The molecule has 2 rings (SSSR count). The fraction of sp³-hybridized carbons (Fsp3) is 0.800. The molecule has 0 spiro atoms. The molecule has 0 aromatic carbocycles. The smallest absolute Gasteiger partial charge is 0.203 e. The van der Waals surface area contributed by atoms with E-state index in [1.807, 2.05) is 0 Å². The molecule has 1 fully saturated rings. The SMILES string of the molecule is COCCCNc1nc(C)cn1CCC1CCCC1. The number of hydrogen-bond donors (Lipinski definition) is 1. The Morgan fingerprint density at radius 2 is 2.21 bits per heavy atom. The minimum atomic E-state index is 0.800. The number of rotatable bonds is 8. The highest BCUT2D eigenvalue weighted by Gasteiger charge is 2.15. The van der Waals surface area contributed by atoms with E-state index < -0.39 is 0 Å². The van der Waals surface area contributed by atoms with Crippen LogP contribution >= 0.6 is 0 Å². The predicted octanol–water partition coefficient (Wildman–Crippen LogP) is 3.22. The average molecular weight is 265 g/mol. The van der Waals surface area contributed by atoms with E-state index in [-0.39, 0.29) is 0 Å². The van der Waals surface area contributed by atoms with Gasteiger partial charge in [-0.25, -0.2) is 4.98 Å². The van der Waals surface area contributed by atoms with Crippen LogP contribution in [0.15, 0.2) is 6.20 Å². The maximum atomic E-state index is 5.06. The van der Waals surface area contributed by atoms with E-state index in [4.69, 9.17) is 4.74 Å². The topological polar surface area (TPSA) is 39.1 Å². The Kier molecular flexibility index (Phi) is 5.70. The minimum Gasteiger partial charge on any atom is -0.385 e. The average Bonchev–Trinajstić information content (AvgIpc) is 3.02. The van der Waals surface area contributed by atoms with Crippen LogP contribution in [0.4, 0.5) is 5.95 Å². The lowest BCUT2D eigenvalue weighted by Gasteiger charge is -2.12. The highest BCUT2D eigenvalue weighted by Crippen LogP contribution is 2.28. The Balaban J connectivity index is 1.80. The zero-order chi connectivity index (χ0) is 13.5. The molecule has 1 aromatic heterocycles. The fourth-order valence-corrected chi connectivity index (χ4v) is 2.90. The van der Waals surface area contributed by atoms with E-state index in [2.05, 4.69) is 28.0 Å². The second-order valence-corrected chi connectivity index (χ2v) is 5.61. The molecule has 108 valence electrons. The van der Waals surface area contributed by atoms with Crippen LogP contribution in [0.2, 0.25) is 0 Å². The first-order chi connectivity index (χ1) is 9.29. The van der Waals surface area contributed by atoms with Crippen molar-refractivity contribution in [3.63, 3.8) is 0 Å². The summed E-state index contributed by atoms with van der Waals surface area (Å²) in [5, 5.41) is 3.42. The normalized spacial score (nSPS) is 16.1. The van der Waals surface area contributed by atoms with E-state index >= 15 is 0 Å². The number of imidazole rings is 1. The van der Waals surface area contributed by atoms with Crippen LogP contribution in [0.1, 0.15) is 44.2 Å². The van der Waals surface area contributed by atoms with Crippen LogP contribution in [0.3, 0.4) is 0 Å². The fourth-order valence-electron chi connectivity index (χ4n) is 2.90. The Labute approximate surface area is 116 Å². The molecular formula is C15H27N3O. The number of nitrogens with zero attached hydrogens (tertiary/aromatic N) is 2. The van der Waals surface area contributed by atoms with Crippen LogP contribution in [-0.4, -0.2) is 29.8 Å². The maximum Gasteiger partial charge on any atom is 0.203 e. The molecule has 4 heteroatoms. The molecule has 0 saturated heterocycles. The first-order valence-electron chi connectivity index (χ1n) is 7.56. The largest absolute Gasteiger partial charge is 0.385 e. The number of ether oxygens (including phenoxy) is 1. The molecule has 4 nitrogen and oxygen atoms in total. The second-order valence-electron chi connectivity index (χ2n) is 5.61. The van der Waals surface area contributed by atoms with E-state index in [9.17, 15) is 0 Å². The molecule has 1 aromatic rings. The first kappa shape index (κ1) is 14.4. The van der Waals surface area contributed by atoms with Crippen molar-refractivity contribution in [2.45, 2.75) is 52.0 Å². The van der Waals surface area contributed by atoms with Gasteiger partial charge in [-0.15, -0.1) is 0 Å². The van der Waals surface area contributed by atoms with Crippen molar-refractivity contribution in [3.8, 4) is 0 Å². The number of aryl methyl sites for hydroxylation is 2. The van der Waals surface area contributed by atoms with Crippen LogP contribution in [0, 0.1) is 12.8 Å². The molecule has 1 heterocycles. The summed E-state index contributed by atoms with van der Waals surface area (Å²) in [7, 11) is 1.74. The zero-order valence-corrected chi connectivity index (χ0v) is 12.3. The summed E-state index contributed by atoms with van der Waals surface area (Å²) in [6.45, 7) is 4.88. The molecule has 0 unspecified atom stereocenters. The lowest BCUT2D eigenvalue weighted by molar-refractivity contribution is 0.197. The second kappa shape index (κ2) is 7.53. The van der Waals surface area contributed by atoms with Gasteiger partial charge in [-0.3, -0.25) is 0 Å². The molecule has 0 radical (unpaired) electrons. The summed E-state index contributed by atoms with van der Waals surface area (Å²) in [6.07, 6.45) is 10.2. The van der Waals surface area contributed by atoms with Crippen molar-refractivity contribution in [1.82, 2.24) is 9.55 Å². The van der Waals surface area contributed by atoms with E-state index in [0.29, 0.717) is 0 Å². The third kappa shape index (κ3) is 4.53. The van der Waals surface area contributed by atoms with Gasteiger partial charge in [-0.2, -0.15) is 0 Å². The standard InChI is InChI=1S/C15H27N3O/c1-13-12-18(10-8-14-6-3-4-7-14)15(17-13)16-9-5-11-19-2/h12,14H,3-11H2,1-2H3,(H,16,17). The van der Waals surface area contributed by atoms with Crippen molar-refractivity contribution in [2.24, 2.45) is 5.92 Å². The first-order valence-corrected chi connectivity index (χ1v) is 7.56. The summed E-state index contributed by atoms with van der Waals surface area (Å²) >= 11 is 0. The minimum absolute atomic E-state index is 0.800. The van der Waals surface area contributed by atoms with Gasteiger partial charge in [0.05, 0.1) is 5.69 Å². The van der Waals surface area contributed by atoms with Crippen LogP contribution < -0.4 is 5.32 Å². The van der Waals surface area contributed by atoms with Crippen molar-refractivity contribution in [2.75, 3.05) is 25.6 Å². The van der Waals surface area contributed by atoms with Crippen molar-refractivity contribution in [1.29, 1.82) is 0 Å². The van der Waals surface area contributed by atoms with Crippen molar-refractivity contribution >= 4 is 5.95 Å². The molecule has 0 aliphatic heterocycles. The summed E-state index contributed by atoms with van der Waals surface area (Å²) in [4.78, 5) is 4.56. The van der Waals surface area contributed by atoms with Gasteiger partial charge in [0.15, 0.2) is 0 Å². The molecule has 0 atom stereocenters. The van der Waals surface area contributed by atoms with Gasteiger partial charge in [0.2, 0.25) is 5.95 Å². The van der Waals surface area contributed by atoms with Crippen LogP contribution in [-0.2, 0) is 11.3 Å². The quantitative estimate of drug-likeness (QED) is 0.734. The third-order valence-corrected chi connectivity index (χ3v) is 3.96. The summed E-state index contributed by atoms with van der Waals surface area (Å²) in [5.74, 6) is 1.95. The van der Waals surface area contributed by atoms with Gasteiger partial charge in [-0.1, -0.05) is 25.7 Å². The van der Waals surface area contributed by atoms with Gasteiger partial charge >= 0.3 is 0 Å². The molecule has 1 aliphatic rings. The maximum absolute atomic E-state index is 5.06. The van der Waals surface area contributed by atoms with E-state index in [0.717, 1.165) is 43.7 Å². The van der Waals surface area contributed by atoms with Crippen LogP contribution in [0.5, 0.6) is 0 Å². The zero-order valence-electron chi connectivity index (χ0n) is 12.3. The summed E-state index contributed by atoms with van der Waals surface area (Å²) < 4.78 is 7.34. The Morgan fingerprint density at radius 1 is 1.42 bits per heavy atom. The highest BCUT2D eigenvalue weighted by molar-refractivity contribution is 5.28. The number of nitrogens with one attached hydrogen (secondary N) is 1. The monoisotopic (exact) mass is 265 g/mol. The predicted molar refractivity (Wildman–Crippen MR) is 78.5 cm³/mol. The Morgan fingerprint density at radius 3 is 2.95 bits per heavy atom. The number of anilines is 1. The Hall–Kier alpha value is -1.03. The lowest BCUT2D eigenvalue weighted by atomic mass is 10.0. The molecule has 1 N–H and O–H groups in total. The molecule has 1 aliphatic carbocycles. The molecule has 1 saturated carbocycles. The van der Waals surface area contributed by atoms with Gasteiger partial charge in [0, 0.05) is 33.0 Å². The number of hydrogen-bond acceptors (Lipinski definition) is 3. The molecule has 0 amide bonds.